The number of imide groups is 1. The number of nitrogens with one attached hydrogen (secondary N) is 2. The zero-order chi connectivity index (χ0) is 39.1. The molecule has 55 heavy (non-hydrogen) atoms. The van der Waals surface area contributed by atoms with Crippen molar-refractivity contribution in [1.29, 1.82) is 5.26 Å². The molecule has 1 unspecified atom stereocenters. The first-order valence-corrected chi connectivity index (χ1v) is 19.5. The van der Waals surface area contributed by atoms with E-state index < -0.39 is 11.9 Å². The Morgan fingerprint density at radius 2 is 1.78 bits per heavy atom. The van der Waals surface area contributed by atoms with Crippen LogP contribution in [-0.4, -0.2) is 89.3 Å². The molecule has 3 aromatic rings. The minimum Gasteiger partial charge on any atom is -0.489 e. The quantitative estimate of drug-likeness (QED) is 0.201. The van der Waals surface area contributed by atoms with Crippen LogP contribution in [0.25, 0.3) is 0 Å². The number of piperidine rings is 1. The van der Waals surface area contributed by atoms with Crippen molar-refractivity contribution in [3.05, 3.63) is 87.7 Å². The van der Waals surface area contributed by atoms with Gasteiger partial charge in [-0.3, -0.25) is 34.4 Å². The maximum absolute atomic E-state index is 13.3. The largest absolute Gasteiger partial charge is 0.489 e. The second-order valence-corrected chi connectivity index (χ2v) is 16.8. The zero-order valence-corrected chi connectivity index (χ0v) is 32.6. The summed E-state index contributed by atoms with van der Waals surface area (Å²) in [6.45, 7) is 13.4. The van der Waals surface area contributed by atoms with Gasteiger partial charge in [-0.15, -0.1) is 0 Å². The number of carbonyl (C=O) groups is 4. The van der Waals surface area contributed by atoms with E-state index in [-0.39, 0.29) is 47.1 Å². The van der Waals surface area contributed by atoms with Crippen molar-refractivity contribution >= 4 is 40.9 Å². The number of rotatable bonds is 11. The summed E-state index contributed by atoms with van der Waals surface area (Å²) in [5.74, 6) is -0.392. The summed E-state index contributed by atoms with van der Waals surface area (Å²) in [7, 11) is 0. The van der Waals surface area contributed by atoms with Crippen molar-refractivity contribution in [1.82, 2.24) is 25.4 Å². The molecule has 13 heteroatoms. The third-order valence-electron chi connectivity index (χ3n) is 11.9. The smallest absolute Gasteiger partial charge is 0.255 e. The molecular weight excluding hydrogens is 718 g/mol. The molecule has 4 aliphatic rings. The summed E-state index contributed by atoms with van der Waals surface area (Å²) < 4.78 is 6.35. The summed E-state index contributed by atoms with van der Waals surface area (Å²) in [6, 6.07) is 16.1. The fraction of sp³-hybridized carbons (Fsp3) is 0.476. The van der Waals surface area contributed by atoms with Crippen LogP contribution in [0.3, 0.4) is 0 Å². The summed E-state index contributed by atoms with van der Waals surface area (Å²) in [4.78, 5) is 61.4. The highest BCUT2D eigenvalue weighted by atomic mass is 35.5. The van der Waals surface area contributed by atoms with E-state index in [2.05, 4.69) is 65.2 Å². The second kappa shape index (κ2) is 15.3. The van der Waals surface area contributed by atoms with Gasteiger partial charge in [0.2, 0.25) is 11.8 Å². The van der Waals surface area contributed by atoms with E-state index in [1.165, 1.54) is 0 Å². The number of fused-ring (bicyclic) bond motifs is 1. The van der Waals surface area contributed by atoms with Gasteiger partial charge >= 0.3 is 0 Å². The highest BCUT2D eigenvalue weighted by molar-refractivity contribution is 6.31. The number of unbranched alkanes of at least 4 members (excludes halogenated alkanes) is 1. The van der Waals surface area contributed by atoms with Gasteiger partial charge in [0.1, 0.15) is 24.0 Å². The van der Waals surface area contributed by atoms with Crippen LogP contribution in [0.2, 0.25) is 5.02 Å². The normalized spacial score (nSPS) is 23.1. The van der Waals surface area contributed by atoms with E-state index in [4.69, 9.17) is 16.3 Å². The number of halogens is 1. The van der Waals surface area contributed by atoms with Crippen LogP contribution >= 0.6 is 11.6 Å². The van der Waals surface area contributed by atoms with Crippen LogP contribution < -0.4 is 20.3 Å². The number of nitriles is 1. The molecule has 3 fully saturated rings. The number of ether oxygens (including phenoxy) is 1. The number of benzene rings is 2. The lowest BCUT2D eigenvalue weighted by Gasteiger charge is -2.63. The summed E-state index contributed by atoms with van der Waals surface area (Å²) in [5.41, 5.74) is 3.83. The molecule has 4 heterocycles. The van der Waals surface area contributed by atoms with Gasteiger partial charge in [-0.1, -0.05) is 39.3 Å². The van der Waals surface area contributed by atoms with Gasteiger partial charge < -0.3 is 19.9 Å². The van der Waals surface area contributed by atoms with Crippen molar-refractivity contribution < 1.29 is 23.9 Å². The molecule has 2 saturated heterocycles. The first-order chi connectivity index (χ1) is 26.3. The first-order valence-electron chi connectivity index (χ1n) is 19.1. The van der Waals surface area contributed by atoms with Gasteiger partial charge in [0.05, 0.1) is 16.1 Å². The van der Waals surface area contributed by atoms with Gasteiger partial charge in [-0.05, 0) is 80.3 Å². The molecule has 0 radical (unpaired) electrons. The van der Waals surface area contributed by atoms with Crippen LogP contribution in [0.1, 0.15) is 90.9 Å². The Morgan fingerprint density at radius 1 is 1.02 bits per heavy atom. The molecule has 2 N–H and O–H groups in total. The number of nitrogens with zero attached hydrogens (tertiary/aromatic N) is 5. The van der Waals surface area contributed by atoms with E-state index >= 15 is 0 Å². The van der Waals surface area contributed by atoms with Crippen LogP contribution in [0, 0.1) is 22.2 Å². The SMILES string of the molecule is CC1(C)C(NC(=O)c2ccc(CCCCN3CCN(c4ccc5c(c4)CN(C4CCC(=O)NC4=O)C5=O)CC3)nc2)C(C)(C)C1Oc1ccc(C#N)c(Cl)c1. The maximum atomic E-state index is 13.3. The average Bonchev–Trinajstić information content (AvgIpc) is 3.49. The van der Waals surface area contributed by atoms with E-state index in [1.807, 2.05) is 24.3 Å². The number of anilines is 1. The Morgan fingerprint density at radius 3 is 2.45 bits per heavy atom. The minimum atomic E-state index is -0.607. The molecule has 1 aliphatic carbocycles. The number of piperazine rings is 1. The fourth-order valence-electron chi connectivity index (χ4n) is 9.15. The predicted molar refractivity (Wildman–Crippen MR) is 208 cm³/mol. The fourth-order valence-corrected chi connectivity index (χ4v) is 9.36. The van der Waals surface area contributed by atoms with E-state index in [1.54, 1.807) is 29.3 Å². The number of amides is 4. The number of pyridine rings is 1. The molecule has 288 valence electrons. The Labute approximate surface area is 327 Å². The number of hydrogen-bond donors (Lipinski definition) is 2. The van der Waals surface area contributed by atoms with E-state index in [9.17, 15) is 24.4 Å². The second-order valence-electron chi connectivity index (χ2n) is 16.4. The Balaban J connectivity index is 0.831. The van der Waals surface area contributed by atoms with Crippen molar-refractivity contribution in [3.63, 3.8) is 0 Å². The highest BCUT2D eigenvalue weighted by Gasteiger charge is 2.64. The van der Waals surface area contributed by atoms with Crippen LogP contribution in [-0.2, 0) is 22.6 Å². The van der Waals surface area contributed by atoms with Crippen molar-refractivity contribution in [2.24, 2.45) is 10.8 Å². The first kappa shape index (κ1) is 38.3. The van der Waals surface area contributed by atoms with Gasteiger partial charge in [-0.25, -0.2) is 0 Å². The van der Waals surface area contributed by atoms with Gasteiger partial charge in [-0.2, -0.15) is 5.26 Å². The summed E-state index contributed by atoms with van der Waals surface area (Å²) in [5, 5.41) is 15.1. The van der Waals surface area contributed by atoms with E-state index in [0.29, 0.717) is 40.4 Å². The number of aryl methyl sites for hydroxylation is 1. The molecular formula is C42H48ClN7O5. The molecule has 3 aliphatic heterocycles. The lowest BCUT2D eigenvalue weighted by atomic mass is 9.49. The Bertz CT molecular complexity index is 2020. The molecule has 2 aromatic carbocycles. The monoisotopic (exact) mass is 765 g/mol. The average molecular weight is 766 g/mol. The lowest BCUT2D eigenvalue weighted by Crippen LogP contribution is -2.74. The molecule has 7 rings (SSSR count). The standard InChI is InChI=1S/C42H48ClN7O5/c1-41(2)39(42(3,4)40(41)55-31-12-9-26(23-44)33(43)22-31)47-36(52)27-8-10-29(45-24-27)7-5-6-16-48-17-19-49(20-18-48)30-11-13-32-28(21-30)25-50(38(32)54)34-14-15-35(51)46-37(34)53/h8-13,21-22,24,34,39-40H,5-7,14-20,25H2,1-4H3,(H,47,52)(H,46,51,53). The summed E-state index contributed by atoms with van der Waals surface area (Å²) >= 11 is 6.23. The molecule has 1 aromatic heterocycles. The third kappa shape index (κ3) is 7.65. The summed E-state index contributed by atoms with van der Waals surface area (Å²) in [6.07, 6.45) is 4.97. The highest BCUT2D eigenvalue weighted by Crippen LogP contribution is 2.55. The maximum Gasteiger partial charge on any atom is 0.255 e. The molecule has 4 amide bonds. The zero-order valence-electron chi connectivity index (χ0n) is 31.9. The molecule has 0 bridgehead atoms. The number of hydrogen-bond acceptors (Lipinski definition) is 9. The van der Waals surface area contributed by atoms with Crippen LogP contribution in [0.15, 0.2) is 54.7 Å². The molecule has 12 nitrogen and oxygen atoms in total. The van der Waals surface area contributed by atoms with Crippen LogP contribution in [0.4, 0.5) is 5.69 Å². The predicted octanol–water partition coefficient (Wildman–Crippen LogP) is 5.12. The van der Waals surface area contributed by atoms with Crippen molar-refractivity contribution in [2.75, 3.05) is 37.6 Å². The number of carbonyl (C=O) groups excluding carboxylic acids is 4. The molecule has 1 atom stereocenters. The topological polar surface area (TPSA) is 148 Å². The van der Waals surface area contributed by atoms with Gasteiger partial charge in [0.25, 0.3) is 11.8 Å². The molecule has 1 saturated carbocycles. The number of aromatic nitrogens is 1. The van der Waals surface area contributed by atoms with Crippen LogP contribution in [0.5, 0.6) is 5.75 Å². The van der Waals surface area contributed by atoms with Crippen molar-refractivity contribution in [3.8, 4) is 11.8 Å². The Kier molecular flexibility index (Phi) is 10.6. The van der Waals surface area contributed by atoms with Gasteiger partial charge in [0, 0.05) is 85.2 Å². The van der Waals surface area contributed by atoms with Gasteiger partial charge in [0.15, 0.2) is 0 Å². The van der Waals surface area contributed by atoms with E-state index in [0.717, 1.165) is 68.9 Å². The Hall–Kier alpha value is -4.99. The minimum absolute atomic E-state index is 0.134. The molecule has 0 spiro atoms. The van der Waals surface area contributed by atoms with Crippen molar-refractivity contribution in [2.45, 2.75) is 84.5 Å². The third-order valence-corrected chi connectivity index (χ3v) is 12.2. The lowest BCUT2D eigenvalue weighted by molar-refractivity contribution is -0.164.